The summed E-state index contributed by atoms with van der Waals surface area (Å²) in [5, 5.41) is 11.7. The lowest BCUT2D eigenvalue weighted by atomic mass is 10.1. The summed E-state index contributed by atoms with van der Waals surface area (Å²) >= 11 is 7.37. The van der Waals surface area contributed by atoms with E-state index in [0.29, 0.717) is 10.2 Å². The van der Waals surface area contributed by atoms with Gasteiger partial charge in [0.15, 0.2) is 5.16 Å². The Balaban J connectivity index is 2.05. The molecule has 0 saturated carbocycles. The number of nitrogens with one attached hydrogen (secondary N) is 1. The molecule has 1 aromatic carbocycles. The van der Waals surface area contributed by atoms with Crippen LogP contribution >= 0.6 is 23.4 Å². The molecule has 0 unspecified atom stereocenters. The Labute approximate surface area is 155 Å². The third kappa shape index (κ3) is 4.73. The number of thioether (sulfide) groups is 1. The largest absolute Gasteiger partial charge is 0.467 e. The zero-order valence-electron chi connectivity index (χ0n) is 14.4. The number of aryl methyl sites for hydroxylation is 1. The molecule has 0 saturated heterocycles. The number of ether oxygens (including phenoxy) is 1. The number of nitrogens with zero attached hydrogens (tertiary/aromatic N) is 3. The van der Waals surface area contributed by atoms with Crippen molar-refractivity contribution in [2.24, 2.45) is 0 Å². The lowest BCUT2D eigenvalue weighted by molar-refractivity contribution is -0.149. The molecule has 25 heavy (non-hydrogen) atoms. The molecule has 0 aliphatic heterocycles. The number of methoxy groups -OCH3 is 1. The second-order valence-corrected chi connectivity index (χ2v) is 7.22. The average Bonchev–Trinajstić information content (AvgIpc) is 3.02. The molecule has 1 heterocycles. The monoisotopic (exact) mass is 382 g/mol. The number of hydrogen-bond donors (Lipinski definition) is 1. The molecule has 0 fully saturated rings. The van der Waals surface area contributed by atoms with Crippen LogP contribution in [0.5, 0.6) is 0 Å². The first-order chi connectivity index (χ1) is 11.7. The Morgan fingerprint density at radius 3 is 2.76 bits per heavy atom. The van der Waals surface area contributed by atoms with Crippen LogP contribution < -0.4 is 5.32 Å². The molecule has 134 valence electrons. The fourth-order valence-electron chi connectivity index (χ4n) is 2.05. The molecule has 9 heteroatoms. The van der Waals surface area contributed by atoms with Gasteiger partial charge in [0, 0.05) is 5.02 Å². The second kappa shape index (κ2) is 7.88. The Bertz CT molecular complexity index is 791. The molecule has 1 aromatic heterocycles. The van der Waals surface area contributed by atoms with E-state index in [2.05, 4.69) is 20.3 Å². The minimum atomic E-state index is -1.09. The number of carbonyl (C=O) groups is 2. The van der Waals surface area contributed by atoms with Crippen molar-refractivity contribution in [2.45, 2.75) is 31.5 Å². The zero-order chi connectivity index (χ0) is 18.6. The normalized spacial score (nSPS) is 11.2. The van der Waals surface area contributed by atoms with Crippen molar-refractivity contribution in [3.8, 4) is 5.69 Å². The molecule has 7 nitrogen and oxygen atoms in total. The zero-order valence-corrected chi connectivity index (χ0v) is 15.9. The molecular weight excluding hydrogens is 364 g/mol. The van der Waals surface area contributed by atoms with Gasteiger partial charge in [-0.15, -0.1) is 10.2 Å². The summed E-state index contributed by atoms with van der Waals surface area (Å²) < 4.78 is 6.41. The van der Waals surface area contributed by atoms with Crippen LogP contribution in [0.2, 0.25) is 5.02 Å². The van der Waals surface area contributed by atoms with Gasteiger partial charge in [-0.1, -0.05) is 29.4 Å². The highest BCUT2D eigenvalue weighted by molar-refractivity contribution is 7.99. The van der Waals surface area contributed by atoms with Gasteiger partial charge in [-0.05, 0) is 38.5 Å². The summed E-state index contributed by atoms with van der Waals surface area (Å²) in [6.45, 7) is 5.08. The molecule has 0 radical (unpaired) electrons. The Kier molecular flexibility index (Phi) is 6.07. The molecule has 0 bridgehead atoms. The van der Waals surface area contributed by atoms with Gasteiger partial charge in [0.05, 0.1) is 18.6 Å². The molecule has 0 atom stereocenters. The van der Waals surface area contributed by atoms with Crippen molar-refractivity contribution in [1.82, 2.24) is 20.1 Å². The van der Waals surface area contributed by atoms with E-state index in [1.807, 2.05) is 25.1 Å². The van der Waals surface area contributed by atoms with Gasteiger partial charge in [0.1, 0.15) is 11.9 Å². The highest BCUT2D eigenvalue weighted by Gasteiger charge is 2.30. The van der Waals surface area contributed by atoms with Crippen molar-refractivity contribution >= 4 is 35.2 Å². The number of hydrogen-bond acceptors (Lipinski definition) is 6. The number of rotatable bonds is 6. The molecule has 0 aliphatic carbocycles. The minimum absolute atomic E-state index is 0.0821. The summed E-state index contributed by atoms with van der Waals surface area (Å²) in [5.74, 6) is -0.737. The van der Waals surface area contributed by atoms with Gasteiger partial charge in [-0.3, -0.25) is 9.36 Å². The summed E-state index contributed by atoms with van der Waals surface area (Å²) in [6.07, 6.45) is 1.56. The van der Waals surface area contributed by atoms with Crippen LogP contribution in [0.15, 0.2) is 29.7 Å². The number of halogens is 1. The highest BCUT2D eigenvalue weighted by atomic mass is 35.5. The SMILES string of the molecule is COC(=O)C(C)(C)NC(=O)CSc1nncn1-c1ccc(C)c(Cl)c1. The van der Waals surface area contributed by atoms with E-state index >= 15 is 0 Å². The van der Waals surface area contributed by atoms with Crippen molar-refractivity contribution < 1.29 is 14.3 Å². The first-order valence-corrected chi connectivity index (χ1v) is 8.79. The maximum atomic E-state index is 12.1. The molecule has 1 amide bonds. The average molecular weight is 383 g/mol. The molecule has 0 aliphatic rings. The quantitative estimate of drug-likeness (QED) is 0.609. The standard InChI is InChI=1S/C16H19ClN4O3S/c1-10-5-6-11(7-12(10)17)21-9-18-20-15(21)25-8-13(22)19-16(2,3)14(23)24-4/h5-7,9H,8H2,1-4H3,(H,19,22). The molecule has 2 rings (SSSR count). The van der Waals surface area contributed by atoms with Crippen LogP contribution in [-0.4, -0.2) is 45.0 Å². The second-order valence-electron chi connectivity index (χ2n) is 5.87. The van der Waals surface area contributed by atoms with Crippen LogP contribution in [0, 0.1) is 6.92 Å². The first-order valence-electron chi connectivity index (χ1n) is 7.43. The van der Waals surface area contributed by atoms with Crippen LogP contribution in [0.1, 0.15) is 19.4 Å². The van der Waals surface area contributed by atoms with Crippen LogP contribution in [0.25, 0.3) is 5.69 Å². The predicted octanol–water partition coefficient (Wildman–Crippen LogP) is 2.39. The van der Waals surface area contributed by atoms with E-state index in [0.717, 1.165) is 11.3 Å². The number of esters is 1. The third-order valence-corrected chi connectivity index (χ3v) is 4.78. The number of amides is 1. The van der Waals surface area contributed by atoms with E-state index in [4.69, 9.17) is 11.6 Å². The molecule has 2 aromatic rings. The molecule has 1 N–H and O–H groups in total. The third-order valence-electron chi connectivity index (χ3n) is 3.43. The number of aromatic nitrogens is 3. The summed E-state index contributed by atoms with van der Waals surface area (Å²) in [5.41, 5.74) is 0.681. The van der Waals surface area contributed by atoms with Crippen LogP contribution in [0.3, 0.4) is 0 Å². The van der Waals surface area contributed by atoms with Gasteiger partial charge in [0.25, 0.3) is 0 Å². The fourth-order valence-corrected chi connectivity index (χ4v) is 2.96. The van der Waals surface area contributed by atoms with Gasteiger partial charge in [0.2, 0.25) is 5.91 Å². The van der Waals surface area contributed by atoms with Crippen molar-refractivity contribution in [3.63, 3.8) is 0 Å². The summed E-state index contributed by atoms with van der Waals surface area (Å²) in [4.78, 5) is 23.7. The summed E-state index contributed by atoms with van der Waals surface area (Å²) in [7, 11) is 1.28. The van der Waals surface area contributed by atoms with Gasteiger partial charge >= 0.3 is 5.97 Å². The molecule has 0 spiro atoms. The minimum Gasteiger partial charge on any atom is -0.467 e. The topological polar surface area (TPSA) is 86.1 Å². The maximum Gasteiger partial charge on any atom is 0.330 e. The lowest BCUT2D eigenvalue weighted by Gasteiger charge is -2.22. The van der Waals surface area contributed by atoms with Crippen molar-refractivity contribution in [1.29, 1.82) is 0 Å². The van der Waals surface area contributed by atoms with Gasteiger partial charge in [-0.25, -0.2) is 4.79 Å². The lowest BCUT2D eigenvalue weighted by Crippen LogP contribution is -2.50. The van der Waals surface area contributed by atoms with E-state index in [1.165, 1.54) is 18.9 Å². The van der Waals surface area contributed by atoms with E-state index in [9.17, 15) is 9.59 Å². The summed E-state index contributed by atoms with van der Waals surface area (Å²) in [6, 6.07) is 5.61. The fraction of sp³-hybridized carbons (Fsp3) is 0.375. The molecular formula is C16H19ClN4O3S. The smallest absolute Gasteiger partial charge is 0.330 e. The van der Waals surface area contributed by atoms with Gasteiger partial charge < -0.3 is 10.1 Å². The van der Waals surface area contributed by atoms with Crippen LogP contribution in [-0.2, 0) is 14.3 Å². The Morgan fingerprint density at radius 2 is 2.12 bits per heavy atom. The van der Waals surface area contributed by atoms with E-state index < -0.39 is 11.5 Å². The van der Waals surface area contributed by atoms with Crippen molar-refractivity contribution in [2.75, 3.05) is 12.9 Å². The van der Waals surface area contributed by atoms with Crippen LogP contribution in [0.4, 0.5) is 0 Å². The highest BCUT2D eigenvalue weighted by Crippen LogP contribution is 2.23. The Morgan fingerprint density at radius 1 is 1.40 bits per heavy atom. The maximum absolute atomic E-state index is 12.1. The van der Waals surface area contributed by atoms with E-state index in [1.54, 1.807) is 24.7 Å². The van der Waals surface area contributed by atoms with Crippen molar-refractivity contribution in [3.05, 3.63) is 35.1 Å². The predicted molar refractivity (Wildman–Crippen MR) is 96.1 cm³/mol. The van der Waals surface area contributed by atoms with Gasteiger partial charge in [-0.2, -0.15) is 0 Å². The van der Waals surface area contributed by atoms with E-state index in [-0.39, 0.29) is 11.7 Å². The first kappa shape index (κ1) is 19.3. The Hall–Kier alpha value is -2.06. The number of benzene rings is 1. The number of carbonyl (C=O) groups excluding carboxylic acids is 2.